The van der Waals surface area contributed by atoms with Crippen LogP contribution < -0.4 is 10.1 Å². The molecule has 1 N–H and O–H groups in total. The molecule has 0 bridgehead atoms. The second kappa shape index (κ2) is 7.14. The number of amides is 1. The van der Waals surface area contributed by atoms with E-state index in [4.69, 9.17) is 16.3 Å². The van der Waals surface area contributed by atoms with E-state index in [9.17, 15) is 4.79 Å². The first-order chi connectivity index (χ1) is 9.60. The predicted octanol–water partition coefficient (Wildman–Crippen LogP) is 3.08. The van der Waals surface area contributed by atoms with Crippen LogP contribution in [0.15, 0.2) is 18.2 Å². The molecule has 4 nitrogen and oxygen atoms in total. The van der Waals surface area contributed by atoms with E-state index < -0.39 is 6.10 Å². The van der Waals surface area contributed by atoms with Crippen LogP contribution in [0.25, 0.3) is 0 Å². The minimum Gasteiger partial charge on any atom is -0.479 e. The predicted molar refractivity (Wildman–Crippen MR) is 86.8 cm³/mol. The summed E-state index contributed by atoms with van der Waals surface area (Å²) in [7, 11) is 3.40. The van der Waals surface area contributed by atoms with Gasteiger partial charge in [0.1, 0.15) is 5.75 Å². The molecule has 118 valence electrons. The SMILES string of the molecule is CC(Oc1ccc(CNC(C)(C)C)cc1Cl)C(=O)N(C)C. The van der Waals surface area contributed by atoms with E-state index in [0.717, 1.165) is 12.1 Å². The molecular weight excluding hydrogens is 288 g/mol. The van der Waals surface area contributed by atoms with Crippen LogP contribution in [-0.4, -0.2) is 36.5 Å². The number of hydrogen-bond acceptors (Lipinski definition) is 3. The third-order valence-electron chi connectivity index (χ3n) is 2.91. The molecule has 0 aromatic heterocycles. The van der Waals surface area contributed by atoms with Gasteiger partial charge >= 0.3 is 0 Å². The maximum absolute atomic E-state index is 11.8. The maximum atomic E-state index is 11.8. The van der Waals surface area contributed by atoms with Gasteiger partial charge in [-0.1, -0.05) is 17.7 Å². The Morgan fingerprint density at radius 2 is 2.00 bits per heavy atom. The third-order valence-corrected chi connectivity index (χ3v) is 3.21. The minimum absolute atomic E-state index is 0.0499. The van der Waals surface area contributed by atoms with Crippen molar-refractivity contribution in [2.45, 2.75) is 45.9 Å². The van der Waals surface area contributed by atoms with Gasteiger partial charge < -0.3 is 15.0 Å². The van der Waals surface area contributed by atoms with Gasteiger partial charge in [-0.15, -0.1) is 0 Å². The first-order valence-electron chi connectivity index (χ1n) is 7.01. The van der Waals surface area contributed by atoms with Gasteiger partial charge in [-0.2, -0.15) is 0 Å². The lowest BCUT2D eigenvalue weighted by Gasteiger charge is -2.21. The van der Waals surface area contributed by atoms with Gasteiger partial charge in [0.15, 0.2) is 6.10 Å². The fraction of sp³-hybridized carbons (Fsp3) is 0.562. The first-order valence-corrected chi connectivity index (χ1v) is 7.39. The summed E-state index contributed by atoms with van der Waals surface area (Å²) in [5, 5.41) is 3.91. The lowest BCUT2D eigenvalue weighted by molar-refractivity contribution is -0.135. The van der Waals surface area contributed by atoms with Crippen LogP contribution in [0.2, 0.25) is 5.02 Å². The van der Waals surface area contributed by atoms with Gasteiger partial charge in [0.25, 0.3) is 5.91 Å². The highest BCUT2D eigenvalue weighted by Gasteiger charge is 2.18. The van der Waals surface area contributed by atoms with Crippen LogP contribution in [-0.2, 0) is 11.3 Å². The van der Waals surface area contributed by atoms with Crippen molar-refractivity contribution in [2.75, 3.05) is 14.1 Å². The molecule has 1 amide bonds. The summed E-state index contributed by atoms with van der Waals surface area (Å²) >= 11 is 6.23. The Morgan fingerprint density at radius 1 is 1.38 bits per heavy atom. The van der Waals surface area contributed by atoms with Crippen molar-refractivity contribution in [3.8, 4) is 5.75 Å². The third kappa shape index (κ3) is 5.94. The standard InChI is InChI=1S/C16H25ClN2O2/c1-11(15(20)19(5)6)21-14-8-7-12(9-13(14)17)10-18-16(2,3)4/h7-9,11,18H,10H2,1-6H3. The molecule has 1 unspecified atom stereocenters. The number of nitrogens with zero attached hydrogens (tertiary/aromatic N) is 1. The van der Waals surface area contributed by atoms with E-state index in [1.54, 1.807) is 27.1 Å². The summed E-state index contributed by atoms with van der Waals surface area (Å²) in [6, 6.07) is 5.62. The van der Waals surface area contributed by atoms with Gasteiger partial charge in [0.05, 0.1) is 5.02 Å². The van der Waals surface area contributed by atoms with Gasteiger partial charge in [-0.25, -0.2) is 0 Å². The fourth-order valence-electron chi connectivity index (χ4n) is 1.72. The van der Waals surface area contributed by atoms with E-state index in [1.807, 2.05) is 12.1 Å². The summed E-state index contributed by atoms with van der Waals surface area (Å²) in [6.07, 6.45) is -0.559. The van der Waals surface area contributed by atoms with Crippen LogP contribution >= 0.6 is 11.6 Å². The summed E-state index contributed by atoms with van der Waals surface area (Å²) in [6.45, 7) is 8.78. The van der Waals surface area contributed by atoms with Crippen LogP contribution in [0.4, 0.5) is 0 Å². The van der Waals surface area contributed by atoms with Gasteiger partial charge in [0, 0.05) is 26.2 Å². The van der Waals surface area contributed by atoms with Gasteiger partial charge in [0.2, 0.25) is 0 Å². The van der Waals surface area contributed by atoms with Crippen molar-refractivity contribution in [3.63, 3.8) is 0 Å². The monoisotopic (exact) mass is 312 g/mol. The molecule has 5 heteroatoms. The molecule has 0 saturated heterocycles. The number of likely N-dealkylation sites (N-methyl/N-ethyl adjacent to an activating group) is 1. The lowest BCUT2D eigenvalue weighted by Crippen LogP contribution is -2.35. The summed E-state index contributed by atoms with van der Waals surface area (Å²) in [4.78, 5) is 13.3. The highest BCUT2D eigenvalue weighted by Crippen LogP contribution is 2.26. The summed E-state index contributed by atoms with van der Waals surface area (Å²) in [5.74, 6) is 0.434. The molecule has 1 aromatic rings. The minimum atomic E-state index is -0.559. The number of hydrogen-bond donors (Lipinski definition) is 1. The average Bonchev–Trinajstić information content (AvgIpc) is 2.37. The second-order valence-electron chi connectivity index (χ2n) is 6.36. The number of carbonyl (C=O) groups excluding carboxylic acids is 1. The van der Waals surface area contributed by atoms with Crippen molar-refractivity contribution in [1.82, 2.24) is 10.2 Å². The molecule has 1 rings (SSSR count). The topological polar surface area (TPSA) is 41.6 Å². The molecular formula is C16H25ClN2O2. The molecule has 0 radical (unpaired) electrons. The lowest BCUT2D eigenvalue weighted by atomic mass is 10.1. The zero-order valence-electron chi connectivity index (χ0n) is 13.7. The largest absolute Gasteiger partial charge is 0.479 e. The zero-order valence-corrected chi connectivity index (χ0v) is 14.4. The van der Waals surface area contributed by atoms with Crippen molar-refractivity contribution in [2.24, 2.45) is 0 Å². The summed E-state index contributed by atoms with van der Waals surface area (Å²) < 4.78 is 5.63. The molecule has 1 aromatic carbocycles. The Balaban J connectivity index is 2.72. The van der Waals surface area contributed by atoms with E-state index in [-0.39, 0.29) is 11.4 Å². The number of carbonyl (C=O) groups is 1. The molecule has 0 aliphatic rings. The number of ether oxygens (including phenoxy) is 1. The molecule has 1 atom stereocenters. The van der Waals surface area contributed by atoms with Crippen LogP contribution in [0.1, 0.15) is 33.3 Å². The Morgan fingerprint density at radius 3 is 2.48 bits per heavy atom. The smallest absolute Gasteiger partial charge is 0.262 e. The van der Waals surface area contributed by atoms with Crippen molar-refractivity contribution in [3.05, 3.63) is 28.8 Å². The average molecular weight is 313 g/mol. The van der Waals surface area contributed by atoms with Crippen molar-refractivity contribution < 1.29 is 9.53 Å². The van der Waals surface area contributed by atoms with E-state index in [0.29, 0.717) is 10.8 Å². The Labute approximate surface area is 132 Å². The number of rotatable bonds is 5. The Bertz CT molecular complexity index is 496. The molecule has 0 heterocycles. The highest BCUT2D eigenvalue weighted by atomic mass is 35.5. The first kappa shape index (κ1) is 17.8. The van der Waals surface area contributed by atoms with Crippen LogP contribution in [0.5, 0.6) is 5.75 Å². The molecule has 21 heavy (non-hydrogen) atoms. The van der Waals surface area contributed by atoms with E-state index in [1.165, 1.54) is 4.90 Å². The zero-order chi connectivity index (χ0) is 16.2. The maximum Gasteiger partial charge on any atom is 0.262 e. The van der Waals surface area contributed by atoms with Crippen LogP contribution in [0, 0.1) is 0 Å². The Hall–Kier alpha value is -1.26. The van der Waals surface area contributed by atoms with Gasteiger partial charge in [-0.05, 0) is 45.4 Å². The number of halogens is 1. The highest BCUT2D eigenvalue weighted by molar-refractivity contribution is 6.32. The van der Waals surface area contributed by atoms with E-state index in [2.05, 4.69) is 26.1 Å². The number of benzene rings is 1. The molecule has 0 saturated carbocycles. The second-order valence-corrected chi connectivity index (χ2v) is 6.77. The fourth-order valence-corrected chi connectivity index (χ4v) is 1.97. The quantitative estimate of drug-likeness (QED) is 0.908. The van der Waals surface area contributed by atoms with Gasteiger partial charge in [-0.3, -0.25) is 4.79 Å². The van der Waals surface area contributed by atoms with E-state index >= 15 is 0 Å². The Kier molecular flexibility index (Phi) is 6.05. The molecule has 0 spiro atoms. The van der Waals surface area contributed by atoms with Crippen LogP contribution in [0.3, 0.4) is 0 Å². The molecule has 0 fully saturated rings. The molecule has 0 aliphatic carbocycles. The van der Waals surface area contributed by atoms with Crippen molar-refractivity contribution in [1.29, 1.82) is 0 Å². The number of nitrogens with one attached hydrogen (secondary N) is 1. The van der Waals surface area contributed by atoms with Crippen molar-refractivity contribution >= 4 is 17.5 Å². The summed E-state index contributed by atoms with van der Waals surface area (Å²) in [5.41, 5.74) is 1.13. The normalized spacial score (nSPS) is 12.9. The molecule has 0 aliphatic heterocycles.